The highest BCUT2D eigenvalue weighted by molar-refractivity contribution is 4.92. The van der Waals surface area contributed by atoms with E-state index in [0.717, 1.165) is 13.0 Å². The molecule has 1 aromatic rings. The molecule has 17 heavy (non-hydrogen) atoms. The van der Waals surface area contributed by atoms with Gasteiger partial charge in [-0.05, 0) is 32.5 Å². The summed E-state index contributed by atoms with van der Waals surface area (Å²) in [5, 5.41) is 3.65. The summed E-state index contributed by atoms with van der Waals surface area (Å²) >= 11 is 0. The lowest BCUT2D eigenvalue weighted by Crippen LogP contribution is -2.42. The summed E-state index contributed by atoms with van der Waals surface area (Å²) in [6.45, 7) is 6.98. The molecular formula is C13H24N4. The molecule has 4 nitrogen and oxygen atoms in total. The minimum absolute atomic E-state index is 0.707. The van der Waals surface area contributed by atoms with Crippen LogP contribution in [-0.4, -0.2) is 46.7 Å². The number of hydrogen-bond donors (Lipinski definition) is 1. The fourth-order valence-corrected chi connectivity index (χ4v) is 2.48. The normalized spacial score (nSPS) is 18.7. The minimum atomic E-state index is 0.707. The van der Waals surface area contributed by atoms with Gasteiger partial charge in [-0.3, -0.25) is 0 Å². The topological polar surface area (TPSA) is 33.1 Å². The van der Waals surface area contributed by atoms with E-state index in [4.69, 9.17) is 0 Å². The Morgan fingerprint density at radius 1 is 1.41 bits per heavy atom. The average Bonchev–Trinajstić information content (AvgIpc) is 2.76. The fourth-order valence-electron chi connectivity index (χ4n) is 2.48. The zero-order valence-corrected chi connectivity index (χ0v) is 11.0. The number of hydrogen-bond acceptors (Lipinski definition) is 3. The van der Waals surface area contributed by atoms with Crippen LogP contribution in [0.15, 0.2) is 12.4 Å². The van der Waals surface area contributed by atoms with Crippen LogP contribution >= 0.6 is 0 Å². The Kier molecular flexibility index (Phi) is 4.57. The van der Waals surface area contributed by atoms with Crippen molar-refractivity contribution in [2.75, 3.05) is 26.2 Å². The molecule has 0 amide bonds. The Morgan fingerprint density at radius 3 is 2.76 bits per heavy atom. The summed E-state index contributed by atoms with van der Waals surface area (Å²) < 4.78 is 2.10. The lowest BCUT2D eigenvalue weighted by atomic mass is 10.1. The molecule has 2 rings (SSSR count). The Balaban J connectivity index is 1.65. The van der Waals surface area contributed by atoms with E-state index in [1.54, 1.807) is 0 Å². The molecule has 0 unspecified atom stereocenters. The van der Waals surface area contributed by atoms with Gasteiger partial charge < -0.3 is 14.8 Å². The quantitative estimate of drug-likeness (QED) is 0.829. The molecule has 0 radical (unpaired) electrons. The van der Waals surface area contributed by atoms with Gasteiger partial charge in [0.25, 0.3) is 0 Å². The van der Waals surface area contributed by atoms with E-state index in [2.05, 4.69) is 33.7 Å². The van der Waals surface area contributed by atoms with Crippen molar-refractivity contribution in [3.05, 3.63) is 18.2 Å². The largest absolute Gasteiger partial charge is 0.338 e. The number of imidazole rings is 1. The molecule has 1 fully saturated rings. The molecule has 1 aliphatic rings. The summed E-state index contributed by atoms with van der Waals surface area (Å²) in [6.07, 6.45) is 7.48. The number of aromatic nitrogens is 2. The van der Waals surface area contributed by atoms with Crippen molar-refractivity contribution in [1.82, 2.24) is 19.8 Å². The van der Waals surface area contributed by atoms with Gasteiger partial charge in [0, 0.05) is 38.4 Å². The van der Waals surface area contributed by atoms with Crippen molar-refractivity contribution in [3.8, 4) is 0 Å². The van der Waals surface area contributed by atoms with E-state index in [1.165, 1.54) is 38.3 Å². The summed E-state index contributed by atoms with van der Waals surface area (Å²) in [5.41, 5.74) is 0. The summed E-state index contributed by atoms with van der Waals surface area (Å²) in [7, 11) is 2.06. The molecule has 0 aromatic carbocycles. The predicted octanol–water partition coefficient (Wildman–Crippen LogP) is 1.04. The van der Waals surface area contributed by atoms with E-state index in [9.17, 15) is 0 Å². The monoisotopic (exact) mass is 236 g/mol. The molecular weight excluding hydrogens is 212 g/mol. The lowest BCUT2D eigenvalue weighted by Gasteiger charge is -2.31. The van der Waals surface area contributed by atoms with Gasteiger partial charge in [-0.15, -0.1) is 0 Å². The molecule has 0 aliphatic carbocycles. The van der Waals surface area contributed by atoms with Gasteiger partial charge in [0.2, 0.25) is 0 Å². The zero-order valence-electron chi connectivity index (χ0n) is 11.0. The average molecular weight is 236 g/mol. The summed E-state index contributed by atoms with van der Waals surface area (Å²) in [6, 6.07) is 0.707. The molecule has 96 valence electrons. The maximum absolute atomic E-state index is 4.34. The van der Waals surface area contributed by atoms with Gasteiger partial charge in [0.05, 0.1) is 0 Å². The SMILES string of the molecule is CCN1CCC(NCCc2nccn2C)CC1. The molecule has 0 saturated carbocycles. The van der Waals surface area contributed by atoms with Gasteiger partial charge >= 0.3 is 0 Å². The van der Waals surface area contributed by atoms with Gasteiger partial charge in [-0.1, -0.05) is 6.92 Å². The molecule has 2 heterocycles. The van der Waals surface area contributed by atoms with E-state index in [-0.39, 0.29) is 0 Å². The van der Waals surface area contributed by atoms with Crippen LogP contribution in [0.5, 0.6) is 0 Å². The van der Waals surface area contributed by atoms with Crippen molar-refractivity contribution in [2.24, 2.45) is 7.05 Å². The minimum Gasteiger partial charge on any atom is -0.338 e. The van der Waals surface area contributed by atoms with Crippen LogP contribution in [-0.2, 0) is 13.5 Å². The summed E-state index contributed by atoms with van der Waals surface area (Å²) in [4.78, 5) is 6.86. The van der Waals surface area contributed by atoms with Crippen LogP contribution in [0.1, 0.15) is 25.6 Å². The van der Waals surface area contributed by atoms with Crippen LogP contribution in [0, 0.1) is 0 Å². The van der Waals surface area contributed by atoms with E-state index in [1.807, 2.05) is 12.4 Å². The first-order chi connectivity index (χ1) is 8.29. The number of rotatable bonds is 5. The first kappa shape index (κ1) is 12.6. The summed E-state index contributed by atoms with van der Waals surface area (Å²) in [5.74, 6) is 1.17. The molecule has 0 bridgehead atoms. The van der Waals surface area contributed by atoms with Gasteiger partial charge in [-0.25, -0.2) is 4.98 Å². The highest BCUT2D eigenvalue weighted by Gasteiger charge is 2.17. The van der Waals surface area contributed by atoms with Crippen molar-refractivity contribution in [2.45, 2.75) is 32.2 Å². The first-order valence-corrected chi connectivity index (χ1v) is 6.71. The van der Waals surface area contributed by atoms with Crippen molar-refractivity contribution in [1.29, 1.82) is 0 Å². The highest BCUT2D eigenvalue weighted by atomic mass is 15.1. The van der Waals surface area contributed by atoms with Crippen molar-refractivity contribution >= 4 is 0 Å². The van der Waals surface area contributed by atoms with Crippen molar-refractivity contribution < 1.29 is 0 Å². The number of nitrogens with one attached hydrogen (secondary N) is 1. The van der Waals surface area contributed by atoms with Gasteiger partial charge in [0.15, 0.2) is 0 Å². The third-order valence-electron chi connectivity index (χ3n) is 3.74. The molecule has 1 N–H and O–H groups in total. The zero-order chi connectivity index (χ0) is 12.1. The molecule has 4 heteroatoms. The van der Waals surface area contributed by atoms with Gasteiger partial charge in [0.1, 0.15) is 5.82 Å². The van der Waals surface area contributed by atoms with Crippen molar-refractivity contribution in [3.63, 3.8) is 0 Å². The van der Waals surface area contributed by atoms with E-state index in [0.29, 0.717) is 6.04 Å². The maximum atomic E-state index is 4.34. The number of nitrogens with zero attached hydrogens (tertiary/aromatic N) is 3. The van der Waals surface area contributed by atoms with Crippen LogP contribution in [0.25, 0.3) is 0 Å². The molecule has 0 spiro atoms. The second-order valence-corrected chi connectivity index (χ2v) is 4.87. The van der Waals surface area contributed by atoms with E-state index < -0.39 is 0 Å². The third-order valence-corrected chi connectivity index (χ3v) is 3.74. The van der Waals surface area contributed by atoms with Crippen LogP contribution < -0.4 is 5.32 Å². The lowest BCUT2D eigenvalue weighted by molar-refractivity contribution is 0.207. The second-order valence-electron chi connectivity index (χ2n) is 4.87. The second kappa shape index (κ2) is 6.17. The maximum Gasteiger partial charge on any atom is 0.109 e. The fraction of sp³-hybridized carbons (Fsp3) is 0.769. The Hall–Kier alpha value is -0.870. The standard InChI is InChI=1S/C13H24N4/c1-3-17-9-5-12(6-10-17)14-7-4-13-15-8-11-16(13)2/h8,11-12,14H,3-7,9-10H2,1-2H3. The Morgan fingerprint density at radius 2 is 2.18 bits per heavy atom. The smallest absolute Gasteiger partial charge is 0.109 e. The highest BCUT2D eigenvalue weighted by Crippen LogP contribution is 2.09. The molecule has 1 saturated heterocycles. The van der Waals surface area contributed by atoms with E-state index >= 15 is 0 Å². The van der Waals surface area contributed by atoms with Crippen LogP contribution in [0.3, 0.4) is 0 Å². The molecule has 1 aromatic heterocycles. The van der Waals surface area contributed by atoms with Gasteiger partial charge in [-0.2, -0.15) is 0 Å². The molecule has 1 aliphatic heterocycles. The predicted molar refractivity (Wildman–Crippen MR) is 70.1 cm³/mol. The third kappa shape index (κ3) is 3.54. The number of aryl methyl sites for hydroxylation is 1. The van der Waals surface area contributed by atoms with Crippen LogP contribution in [0.4, 0.5) is 0 Å². The Bertz CT molecular complexity index is 326. The molecule has 0 atom stereocenters. The Labute approximate surface area is 104 Å². The van der Waals surface area contributed by atoms with Crippen LogP contribution in [0.2, 0.25) is 0 Å². The first-order valence-electron chi connectivity index (χ1n) is 6.71. The number of likely N-dealkylation sites (tertiary alicyclic amines) is 1. The number of piperidine rings is 1.